The van der Waals surface area contributed by atoms with Crippen LogP contribution in [0.25, 0.3) is 11.1 Å². The summed E-state index contributed by atoms with van der Waals surface area (Å²) in [5.41, 5.74) is 1.50. The van der Waals surface area contributed by atoms with Crippen molar-refractivity contribution in [2.45, 2.75) is 30.7 Å². The number of ether oxygens (including phenoxy) is 3. The molecule has 3 rings (SSSR count). The molecule has 1 heterocycles. The Balaban J connectivity index is 0.00000320. The predicted octanol–water partition coefficient (Wildman–Crippen LogP) is -4.09. The van der Waals surface area contributed by atoms with Gasteiger partial charge in [0, 0.05) is 0 Å². The van der Waals surface area contributed by atoms with Crippen LogP contribution in [0.2, 0.25) is 0 Å². The number of carbonyl (C=O) groups excluding carboxylic acids is 1. The van der Waals surface area contributed by atoms with E-state index >= 15 is 0 Å². The molecule has 10 heteroatoms. The second-order valence-corrected chi connectivity index (χ2v) is 6.55. The van der Waals surface area contributed by atoms with E-state index < -0.39 is 43.3 Å². The van der Waals surface area contributed by atoms with Gasteiger partial charge in [0.25, 0.3) is 0 Å². The Labute approximate surface area is 194 Å². The molecule has 0 amide bonds. The maximum atomic E-state index is 10.9. The van der Waals surface area contributed by atoms with Crippen molar-refractivity contribution in [1.29, 1.82) is 0 Å². The molecule has 2 aromatic rings. The Morgan fingerprint density at radius 2 is 1.63 bits per heavy atom. The molecule has 9 nitrogen and oxygen atoms in total. The maximum Gasteiger partial charge on any atom is 1.00 e. The summed E-state index contributed by atoms with van der Waals surface area (Å²) >= 11 is 0. The molecule has 4 N–H and O–H groups in total. The van der Waals surface area contributed by atoms with Crippen LogP contribution in [0.3, 0.4) is 0 Å². The number of aromatic carboxylic acids is 1. The van der Waals surface area contributed by atoms with Crippen molar-refractivity contribution in [2.75, 3.05) is 13.7 Å². The quantitative estimate of drug-likeness (QED) is 0.337. The van der Waals surface area contributed by atoms with Crippen LogP contribution in [0.15, 0.2) is 42.5 Å². The van der Waals surface area contributed by atoms with Gasteiger partial charge in [-0.15, -0.1) is 0 Å². The maximum absolute atomic E-state index is 10.9. The van der Waals surface area contributed by atoms with Gasteiger partial charge in [0.05, 0.1) is 19.7 Å². The molecule has 1 saturated heterocycles. The minimum Gasteiger partial charge on any atom is -0.545 e. The van der Waals surface area contributed by atoms with E-state index in [1.54, 1.807) is 30.3 Å². The standard InChI is InChI=1S/C20H22O9.Na/c1-27-14-8-12(10-2-4-11(5-3-10)19(25)26)6-7-13(14)28-20-18(24)17(23)16(22)15(9-21)29-20;/h2-8,15-18,20-24H,9H2,1H3,(H,25,26);/q;+1/p-1/t15-,16-,17+,18+,20+;/m1./s1. The summed E-state index contributed by atoms with van der Waals surface area (Å²) in [6.07, 6.45) is -7.02. The molecular weight excluding hydrogens is 407 g/mol. The van der Waals surface area contributed by atoms with Crippen LogP contribution < -0.4 is 44.1 Å². The Kier molecular flexibility index (Phi) is 8.65. The number of carboxylic acid groups (broad SMARTS) is 1. The minimum atomic E-state index is -1.56. The number of benzene rings is 2. The summed E-state index contributed by atoms with van der Waals surface area (Å²) in [4.78, 5) is 10.9. The summed E-state index contributed by atoms with van der Waals surface area (Å²) in [5.74, 6) is -0.771. The third-order valence-electron chi connectivity index (χ3n) is 4.71. The number of aliphatic hydroxyl groups is 4. The summed E-state index contributed by atoms with van der Waals surface area (Å²) in [6.45, 7) is -0.567. The van der Waals surface area contributed by atoms with Gasteiger partial charge < -0.3 is 44.5 Å². The van der Waals surface area contributed by atoms with Crippen LogP contribution in [-0.4, -0.2) is 70.8 Å². The minimum absolute atomic E-state index is 0. The molecule has 1 aliphatic rings. The van der Waals surface area contributed by atoms with E-state index in [-0.39, 0.29) is 40.9 Å². The molecule has 0 spiro atoms. The third kappa shape index (κ3) is 5.13. The smallest absolute Gasteiger partial charge is 0.545 e. The Morgan fingerprint density at radius 1 is 1.00 bits per heavy atom. The van der Waals surface area contributed by atoms with Gasteiger partial charge in [-0.2, -0.15) is 0 Å². The second kappa shape index (κ2) is 10.6. The first-order valence-corrected chi connectivity index (χ1v) is 8.82. The van der Waals surface area contributed by atoms with Gasteiger partial charge in [-0.1, -0.05) is 30.3 Å². The second-order valence-electron chi connectivity index (χ2n) is 6.55. The van der Waals surface area contributed by atoms with Crippen molar-refractivity contribution in [3.8, 4) is 22.6 Å². The summed E-state index contributed by atoms with van der Waals surface area (Å²) in [5, 5.41) is 50.0. The average Bonchev–Trinajstić information content (AvgIpc) is 2.74. The van der Waals surface area contributed by atoms with Crippen LogP contribution in [0, 0.1) is 0 Å². The molecule has 0 saturated carbocycles. The fourth-order valence-electron chi connectivity index (χ4n) is 3.03. The topological polar surface area (TPSA) is 149 Å². The molecule has 156 valence electrons. The van der Waals surface area contributed by atoms with E-state index in [1.807, 2.05) is 0 Å². The molecule has 0 aliphatic carbocycles. The van der Waals surface area contributed by atoms with Crippen LogP contribution >= 0.6 is 0 Å². The van der Waals surface area contributed by atoms with Gasteiger partial charge in [-0.05, 0) is 28.8 Å². The average molecular weight is 428 g/mol. The Hall–Kier alpha value is -1.69. The fraction of sp³-hybridized carbons (Fsp3) is 0.350. The monoisotopic (exact) mass is 428 g/mol. The number of carbonyl (C=O) groups is 1. The molecule has 0 radical (unpaired) electrons. The number of hydrogen-bond donors (Lipinski definition) is 4. The summed E-state index contributed by atoms with van der Waals surface area (Å²) < 4.78 is 16.3. The molecule has 30 heavy (non-hydrogen) atoms. The molecule has 0 unspecified atom stereocenters. The van der Waals surface area contributed by atoms with E-state index in [9.17, 15) is 30.3 Å². The third-order valence-corrected chi connectivity index (χ3v) is 4.71. The first kappa shape index (κ1) is 24.6. The van der Waals surface area contributed by atoms with Crippen molar-refractivity contribution >= 4 is 5.97 Å². The zero-order chi connectivity index (χ0) is 21.1. The van der Waals surface area contributed by atoms with Gasteiger partial charge in [0.15, 0.2) is 11.5 Å². The van der Waals surface area contributed by atoms with E-state index in [0.717, 1.165) is 5.56 Å². The Morgan fingerprint density at radius 3 is 2.20 bits per heavy atom. The molecule has 2 aromatic carbocycles. The van der Waals surface area contributed by atoms with E-state index in [1.165, 1.54) is 19.2 Å². The van der Waals surface area contributed by atoms with Gasteiger partial charge >= 0.3 is 29.6 Å². The van der Waals surface area contributed by atoms with Crippen molar-refractivity contribution < 1.29 is 74.1 Å². The largest absolute Gasteiger partial charge is 1.00 e. The predicted molar refractivity (Wildman–Crippen MR) is 97.2 cm³/mol. The van der Waals surface area contributed by atoms with Crippen LogP contribution in [0.5, 0.6) is 11.5 Å². The van der Waals surface area contributed by atoms with E-state index in [2.05, 4.69) is 0 Å². The van der Waals surface area contributed by atoms with Crippen molar-refractivity contribution in [2.24, 2.45) is 0 Å². The normalized spacial score (nSPS) is 25.8. The first-order chi connectivity index (χ1) is 13.8. The van der Waals surface area contributed by atoms with E-state index in [0.29, 0.717) is 11.3 Å². The molecular formula is C20H21NaO9. The zero-order valence-corrected chi connectivity index (χ0v) is 18.5. The number of methoxy groups -OCH3 is 1. The van der Waals surface area contributed by atoms with Crippen LogP contribution in [-0.2, 0) is 4.74 Å². The molecule has 1 aliphatic heterocycles. The number of rotatable bonds is 6. The SMILES string of the molecule is COc1cc(-c2ccc(C(=O)[O-])cc2)ccc1O[C@H]1O[C@H](CO)[C@@H](O)[C@H](O)[C@@H]1O.[Na+]. The van der Waals surface area contributed by atoms with Crippen molar-refractivity contribution in [1.82, 2.24) is 0 Å². The van der Waals surface area contributed by atoms with Gasteiger partial charge in [-0.3, -0.25) is 0 Å². The first-order valence-electron chi connectivity index (χ1n) is 8.82. The van der Waals surface area contributed by atoms with Gasteiger partial charge in [0.2, 0.25) is 6.29 Å². The number of aliphatic hydroxyl groups excluding tert-OH is 4. The van der Waals surface area contributed by atoms with Crippen molar-refractivity contribution in [3.05, 3.63) is 48.0 Å². The molecule has 0 bridgehead atoms. The number of carboxylic acids is 1. The molecule has 5 atom stereocenters. The fourth-order valence-corrected chi connectivity index (χ4v) is 3.03. The zero-order valence-electron chi connectivity index (χ0n) is 16.5. The van der Waals surface area contributed by atoms with Crippen LogP contribution in [0.1, 0.15) is 10.4 Å². The van der Waals surface area contributed by atoms with Crippen molar-refractivity contribution in [3.63, 3.8) is 0 Å². The number of hydrogen-bond acceptors (Lipinski definition) is 9. The molecule has 1 fully saturated rings. The van der Waals surface area contributed by atoms with Gasteiger partial charge in [0.1, 0.15) is 24.4 Å². The van der Waals surface area contributed by atoms with E-state index in [4.69, 9.17) is 14.2 Å². The molecule has 0 aromatic heterocycles. The Bertz CT molecular complexity index is 856. The summed E-state index contributed by atoms with van der Waals surface area (Å²) in [6, 6.07) is 11.0. The summed E-state index contributed by atoms with van der Waals surface area (Å²) in [7, 11) is 1.42. The van der Waals surface area contributed by atoms with Gasteiger partial charge in [-0.25, -0.2) is 0 Å². The van der Waals surface area contributed by atoms with Crippen LogP contribution in [0.4, 0.5) is 0 Å².